The monoisotopic (exact) mass is 470 g/mol. The topological polar surface area (TPSA) is 97.9 Å². The van der Waals surface area contributed by atoms with Crippen LogP contribution in [0, 0.1) is 0 Å². The summed E-state index contributed by atoms with van der Waals surface area (Å²) in [5, 5.41) is 6.01. The summed E-state index contributed by atoms with van der Waals surface area (Å²) in [5.74, 6) is 0.135. The minimum absolute atomic E-state index is 0.114. The van der Waals surface area contributed by atoms with Crippen molar-refractivity contribution in [2.75, 3.05) is 56.0 Å². The van der Waals surface area contributed by atoms with Crippen molar-refractivity contribution in [1.82, 2.24) is 20.1 Å². The van der Waals surface area contributed by atoms with Crippen molar-refractivity contribution in [3.8, 4) is 0 Å². The number of benzene rings is 1. The first-order chi connectivity index (χ1) is 16.0. The molecule has 0 aliphatic carbocycles. The van der Waals surface area contributed by atoms with Gasteiger partial charge in [0.05, 0.1) is 13.0 Å². The number of piperazine rings is 2. The van der Waals surface area contributed by atoms with Crippen LogP contribution in [0.4, 0.5) is 11.5 Å². The fourth-order valence-corrected chi connectivity index (χ4v) is 4.32. The molecule has 0 radical (unpaired) electrons. The minimum atomic E-state index is -0.833. The molecule has 0 bridgehead atoms. The van der Waals surface area contributed by atoms with Gasteiger partial charge in [-0.3, -0.25) is 19.3 Å². The molecular weight excluding hydrogens is 444 g/mol. The largest absolute Gasteiger partial charge is 0.354 e. The summed E-state index contributed by atoms with van der Waals surface area (Å²) in [6.07, 6.45) is 1.66. The lowest BCUT2D eigenvalue weighted by Crippen LogP contribution is -2.60. The van der Waals surface area contributed by atoms with E-state index in [0.29, 0.717) is 23.8 Å². The predicted octanol–water partition coefficient (Wildman–Crippen LogP) is 1.21. The third kappa shape index (κ3) is 6.00. The fraction of sp³-hybridized carbons (Fsp3) is 0.391. The molecule has 0 saturated carbocycles. The molecule has 1 aromatic carbocycles. The lowest BCUT2D eigenvalue weighted by atomic mass is 10.1. The number of nitrogens with zero attached hydrogens (tertiary/aromatic N) is 4. The smallest absolute Gasteiger partial charge is 0.243 e. The van der Waals surface area contributed by atoms with Gasteiger partial charge in [-0.2, -0.15) is 0 Å². The summed E-state index contributed by atoms with van der Waals surface area (Å²) in [7, 11) is 0. The molecule has 2 fully saturated rings. The number of hydrogen-bond acceptors (Lipinski definition) is 6. The summed E-state index contributed by atoms with van der Waals surface area (Å²) in [5.41, 5.74) is 0.548. The van der Waals surface area contributed by atoms with Crippen LogP contribution in [0.15, 0.2) is 48.7 Å². The van der Waals surface area contributed by atoms with Gasteiger partial charge in [0.2, 0.25) is 17.7 Å². The maximum absolute atomic E-state index is 13.1. The Bertz CT molecular complexity index is 997. The zero-order chi connectivity index (χ0) is 23.2. The molecular formula is C23H27ClN6O3. The number of amides is 3. The second-order valence-electron chi connectivity index (χ2n) is 8.11. The molecule has 3 heterocycles. The van der Waals surface area contributed by atoms with Gasteiger partial charge in [0, 0.05) is 56.2 Å². The summed E-state index contributed by atoms with van der Waals surface area (Å²) >= 11 is 5.97. The third-order valence-electron chi connectivity index (χ3n) is 5.84. The minimum Gasteiger partial charge on any atom is -0.354 e. The summed E-state index contributed by atoms with van der Waals surface area (Å²) < 4.78 is 0. The molecule has 3 amide bonds. The molecule has 1 aromatic heterocycles. The number of hydrogen-bond donors (Lipinski definition) is 2. The Hall–Kier alpha value is -3.17. The maximum Gasteiger partial charge on any atom is 0.243 e. The zero-order valence-corrected chi connectivity index (χ0v) is 19.0. The lowest BCUT2D eigenvalue weighted by molar-refractivity contribution is -0.145. The van der Waals surface area contributed by atoms with E-state index in [2.05, 4.69) is 25.4 Å². The van der Waals surface area contributed by atoms with Crippen LogP contribution in [0.3, 0.4) is 0 Å². The highest BCUT2D eigenvalue weighted by Crippen LogP contribution is 2.17. The number of rotatable bonds is 6. The number of aromatic nitrogens is 1. The van der Waals surface area contributed by atoms with Crippen molar-refractivity contribution >= 4 is 40.8 Å². The van der Waals surface area contributed by atoms with Crippen molar-refractivity contribution in [3.63, 3.8) is 0 Å². The van der Waals surface area contributed by atoms with Crippen LogP contribution in [0.1, 0.15) is 6.42 Å². The zero-order valence-electron chi connectivity index (χ0n) is 18.2. The molecule has 0 spiro atoms. The first-order valence-corrected chi connectivity index (χ1v) is 11.4. The van der Waals surface area contributed by atoms with Gasteiger partial charge in [-0.15, -0.1) is 0 Å². The lowest BCUT2D eigenvalue weighted by Gasteiger charge is -2.38. The standard InChI is InChI=1S/C23H27ClN6O3/c24-17-4-3-5-18(14-17)27-21(31)15-19-23(33)26-8-9-30(19)22(32)16-28-10-12-29(13-11-28)20-6-1-2-7-25-20/h1-7,14,19H,8-13,15-16H2,(H,26,33)(H,27,31). The quantitative estimate of drug-likeness (QED) is 0.658. The molecule has 9 nitrogen and oxygen atoms in total. The van der Waals surface area contributed by atoms with Crippen LogP contribution in [-0.4, -0.2) is 84.4 Å². The number of halogens is 1. The van der Waals surface area contributed by atoms with Crippen LogP contribution in [0.2, 0.25) is 5.02 Å². The number of anilines is 2. The molecule has 33 heavy (non-hydrogen) atoms. The van der Waals surface area contributed by atoms with E-state index in [1.807, 2.05) is 18.2 Å². The van der Waals surface area contributed by atoms with Gasteiger partial charge in [-0.25, -0.2) is 4.98 Å². The van der Waals surface area contributed by atoms with E-state index in [0.717, 1.165) is 32.0 Å². The van der Waals surface area contributed by atoms with Gasteiger partial charge in [0.1, 0.15) is 11.9 Å². The van der Waals surface area contributed by atoms with Gasteiger partial charge in [0.25, 0.3) is 0 Å². The first-order valence-electron chi connectivity index (χ1n) is 11.0. The van der Waals surface area contributed by atoms with Crippen LogP contribution in [0.25, 0.3) is 0 Å². The van der Waals surface area contributed by atoms with E-state index in [1.54, 1.807) is 30.5 Å². The Labute approximate surface area is 197 Å². The predicted molar refractivity (Wildman–Crippen MR) is 126 cm³/mol. The molecule has 2 N–H and O–H groups in total. The van der Waals surface area contributed by atoms with Crippen molar-refractivity contribution in [3.05, 3.63) is 53.7 Å². The summed E-state index contributed by atoms with van der Waals surface area (Å²) in [6, 6.07) is 11.8. The Kier molecular flexibility index (Phi) is 7.41. The number of pyridine rings is 1. The third-order valence-corrected chi connectivity index (χ3v) is 6.08. The molecule has 2 aromatic rings. The van der Waals surface area contributed by atoms with E-state index in [9.17, 15) is 14.4 Å². The summed E-state index contributed by atoms with van der Waals surface area (Å²) in [6.45, 7) is 3.98. The van der Waals surface area contributed by atoms with Crippen molar-refractivity contribution < 1.29 is 14.4 Å². The van der Waals surface area contributed by atoms with E-state index >= 15 is 0 Å². The Morgan fingerprint density at radius 2 is 1.91 bits per heavy atom. The van der Waals surface area contributed by atoms with E-state index in [1.165, 1.54) is 4.90 Å². The van der Waals surface area contributed by atoms with Crippen LogP contribution < -0.4 is 15.5 Å². The van der Waals surface area contributed by atoms with Crippen LogP contribution >= 0.6 is 11.6 Å². The second kappa shape index (κ2) is 10.6. The number of nitrogens with one attached hydrogen (secondary N) is 2. The molecule has 2 aliphatic heterocycles. The highest BCUT2D eigenvalue weighted by molar-refractivity contribution is 6.30. The Balaban J connectivity index is 1.32. The average Bonchev–Trinajstić information content (AvgIpc) is 2.81. The highest BCUT2D eigenvalue weighted by Gasteiger charge is 2.35. The molecule has 2 saturated heterocycles. The first kappa shape index (κ1) is 23.0. The molecule has 10 heteroatoms. The Morgan fingerprint density at radius 3 is 2.64 bits per heavy atom. The molecule has 174 valence electrons. The normalized spacial score (nSPS) is 19.2. The molecule has 4 rings (SSSR count). The Morgan fingerprint density at radius 1 is 1.09 bits per heavy atom. The van der Waals surface area contributed by atoms with Crippen LogP contribution in [-0.2, 0) is 14.4 Å². The van der Waals surface area contributed by atoms with E-state index in [4.69, 9.17) is 11.6 Å². The van der Waals surface area contributed by atoms with Gasteiger partial charge in [-0.1, -0.05) is 23.7 Å². The van der Waals surface area contributed by atoms with Crippen molar-refractivity contribution in [2.45, 2.75) is 12.5 Å². The molecule has 1 unspecified atom stereocenters. The van der Waals surface area contributed by atoms with Crippen molar-refractivity contribution in [2.24, 2.45) is 0 Å². The molecule has 1 atom stereocenters. The van der Waals surface area contributed by atoms with Crippen LogP contribution in [0.5, 0.6) is 0 Å². The summed E-state index contributed by atoms with van der Waals surface area (Å²) in [4.78, 5) is 48.4. The van der Waals surface area contributed by atoms with Gasteiger partial charge >= 0.3 is 0 Å². The van der Waals surface area contributed by atoms with Gasteiger partial charge in [0.15, 0.2) is 0 Å². The van der Waals surface area contributed by atoms with E-state index < -0.39 is 6.04 Å². The second-order valence-corrected chi connectivity index (χ2v) is 8.54. The van der Waals surface area contributed by atoms with Crippen molar-refractivity contribution in [1.29, 1.82) is 0 Å². The fourth-order valence-electron chi connectivity index (χ4n) is 4.13. The van der Waals surface area contributed by atoms with Gasteiger partial charge < -0.3 is 20.4 Å². The van der Waals surface area contributed by atoms with Gasteiger partial charge in [-0.05, 0) is 30.3 Å². The number of carbonyl (C=O) groups is 3. The number of carbonyl (C=O) groups excluding carboxylic acids is 3. The van der Waals surface area contributed by atoms with E-state index in [-0.39, 0.29) is 30.7 Å². The SMILES string of the molecule is O=C(CC1C(=O)NCCN1C(=O)CN1CCN(c2ccccn2)CC1)Nc1cccc(Cl)c1. The average molecular weight is 471 g/mol. The highest BCUT2D eigenvalue weighted by atomic mass is 35.5. The molecule has 2 aliphatic rings. The maximum atomic E-state index is 13.1.